The fourth-order valence-electron chi connectivity index (χ4n) is 3.31. The Balaban J connectivity index is 1.79. The Morgan fingerprint density at radius 2 is 1.51 bits per heavy atom. The SMILES string of the molecule is COC(=O)c1cc(NCCCNCCCCNCCCN)c(F)cc1NC(=O)Nc1ccccc1. The summed E-state index contributed by atoms with van der Waals surface area (Å²) >= 11 is 0. The largest absolute Gasteiger partial charge is 0.465 e. The van der Waals surface area contributed by atoms with Crippen molar-refractivity contribution in [3.8, 4) is 0 Å². The summed E-state index contributed by atoms with van der Waals surface area (Å²) in [5.41, 5.74) is 6.26. The van der Waals surface area contributed by atoms with E-state index in [2.05, 4.69) is 26.6 Å². The molecule has 0 saturated heterocycles. The first kappa shape index (κ1) is 28.0. The Morgan fingerprint density at radius 3 is 2.17 bits per heavy atom. The van der Waals surface area contributed by atoms with E-state index in [0.717, 1.165) is 57.9 Å². The number of nitrogens with one attached hydrogen (secondary N) is 5. The van der Waals surface area contributed by atoms with Crippen LogP contribution in [-0.4, -0.2) is 58.4 Å². The molecule has 2 aromatic rings. The number of nitrogens with two attached hydrogens (primary N) is 1. The number of carbonyl (C=O) groups excluding carboxylic acids is 2. The van der Waals surface area contributed by atoms with E-state index in [9.17, 15) is 14.0 Å². The third-order valence-corrected chi connectivity index (χ3v) is 5.15. The van der Waals surface area contributed by atoms with Gasteiger partial charge in [0.05, 0.1) is 24.0 Å². The summed E-state index contributed by atoms with van der Waals surface area (Å²) in [6.45, 7) is 4.89. The number of halogens is 1. The molecule has 2 amide bonds. The number of carbonyl (C=O) groups is 2. The highest BCUT2D eigenvalue weighted by molar-refractivity contribution is 6.05. The Bertz CT molecular complexity index is 914. The summed E-state index contributed by atoms with van der Waals surface area (Å²) in [5, 5.41) is 14.9. The lowest BCUT2D eigenvalue weighted by Gasteiger charge is -2.15. The minimum absolute atomic E-state index is 0.0208. The second kappa shape index (κ2) is 16.4. The molecular weight excluding hydrogens is 451 g/mol. The van der Waals surface area contributed by atoms with Crippen LogP contribution in [0.3, 0.4) is 0 Å². The van der Waals surface area contributed by atoms with Crippen molar-refractivity contribution in [1.82, 2.24) is 10.6 Å². The fourth-order valence-corrected chi connectivity index (χ4v) is 3.31. The third kappa shape index (κ3) is 10.7. The topological polar surface area (TPSA) is 130 Å². The van der Waals surface area contributed by atoms with Crippen molar-refractivity contribution < 1.29 is 18.7 Å². The number of amides is 2. The van der Waals surface area contributed by atoms with Crippen LogP contribution >= 0.6 is 0 Å². The van der Waals surface area contributed by atoms with Gasteiger partial charge in [0.1, 0.15) is 5.82 Å². The summed E-state index contributed by atoms with van der Waals surface area (Å²) in [6.07, 6.45) is 3.95. The quantitative estimate of drug-likeness (QED) is 0.158. The standard InChI is InChI=1S/C25H37FN6O3/c1-35-24(33)20-17-23(30-16-8-15-29-13-6-5-12-28-14-7-11-27)21(26)18-22(20)32-25(34)31-19-9-3-2-4-10-19/h2-4,9-10,17-18,28-30H,5-8,11-16,27H2,1H3,(H2,31,32,34). The van der Waals surface area contributed by atoms with Gasteiger partial charge in [-0.3, -0.25) is 0 Å². The van der Waals surface area contributed by atoms with Gasteiger partial charge in [0.2, 0.25) is 0 Å². The van der Waals surface area contributed by atoms with Crippen LogP contribution in [0.4, 0.5) is 26.2 Å². The highest BCUT2D eigenvalue weighted by atomic mass is 19.1. The van der Waals surface area contributed by atoms with Crippen LogP contribution in [0.2, 0.25) is 0 Å². The highest BCUT2D eigenvalue weighted by Crippen LogP contribution is 2.25. The predicted molar refractivity (Wildman–Crippen MR) is 139 cm³/mol. The van der Waals surface area contributed by atoms with E-state index in [1.807, 2.05) is 6.07 Å². The lowest BCUT2D eigenvalue weighted by atomic mass is 10.1. The van der Waals surface area contributed by atoms with E-state index in [0.29, 0.717) is 18.8 Å². The van der Waals surface area contributed by atoms with E-state index in [-0.39, 0.29) is 16.9 Å². The summed E-state index contributed by atoms with van der Waals surface area (Å²) in [5.74, 6) is -1.26. The van der Waals surface area contributed by atoms with Gasteiger partial charge in [0, 0.05) is 18.3 Å². The van der Waals surface area contributed by atoms with Crippen molar-refractivity contribution in [1.29, 1.82) is 0 Å². The Labute approximate surface area is 206 Å². The molecule has 0 atom stereocenters. The van der Waals surface area contributed by atoms with Crippen molar-refractivity contribution in [3.63, 3.8) is 0 Å². The molecule has 9 nitrogen and oxygen atoms in total. The second-order valence-electron chi connectivity index (χ2n) is 7.94. The molecule has 0 aliphatic heterocycles. The van der Waals surface area contributed by atoms with Crippen LogP contribution in [0.15, 0.2) is 42.5 Å². The number of esters is 1. The number of hydrogen-bond donors (Lipinski definition) is 6. The van der Waals surface area contributed by atoms with Gasteiger partial charge >= 0.3 is 12.0 Å². The lowest BCUT2D eigenvalue weighted by molar-refractivity contribution is 0.0602. The van der Waals surface area contributed by atoms with Gasteiger partial charge < -0.3 is 37.1 Å². The van der Waals surface area contributed by atoms with Crippen molar-refractivity contribution in [2.75, 3.05) is 62.3 Å². The first-order chi connectivity index (χ1) is 17.0. The first-order valence-corrected chi connectivity index (χ1v) is 12.0. The number of anilines is 3. The molecule has 7 N–H and O–H groups in total. The molecule has 0 unspecified atom stereocenters. The number of ether oxygens (including phenoxy) is 1. The van der Waals surface area contributed by atoms with Crippen molar-refractivity contribution in [2.45, 2.75) is 25.7 Å². The van der Waals surface area contributed by atoms with Crippen LogP contribution < -0.4 is 32.3 Å². The van der Waals surface area contributed by atoms with E-state index in [4.69, 9.17) is 10.5 Å². The van der Waals surface area contributed by atoms with E-state index < -0.39 is 17.8 Å². The molecule has 0 aromatic heterocycles. The highest BCUT2D eigenvalue weighted by Gasteiger charge is 2.18. The maximum Gasteiger partial charge on any atom is 0.340 e. The van der Waals surface area contributed by atoms with E-state index in [1.165, 1.54) is 13.2 Å². The van der Waals surface area contributed by atoms with Gasteiger partial charge in [0.15, 0.2) is 0 Å². The zero-order valence-corrected chi connectivity index (χ0v) is 20.3. The zero-order chi connectivity index (χ0) is 25.3. The van der Waals surface area contributed by atoms with Gasteiger partial charge in [-0.15, -0.1) is 0 Å². The maximum atomic E-state index is 14.7. The number of benzene rings is 2. The number of methoxy groups -OCH3 is 1. The molecule has 10 heteroatoms. The molecule has 2 aromatic carbocycles. The number of rotatable bonds is 16. The third-order valence-electron chi connectivity index (χ3n) is 5.15. The first-order valence-electron chi connectivity index (χ1n) is 12.0. The maximum absolute atomic E-state index is 14.7. The van der Waals surface area contributed by atoms with Crippen molar-refractivity contribution in [2.24, 2.45) is 5.73 Å². The summed E-state index contributed by atoms with van der Waals surface area (Å²) < 4.78 is 19.5. The van der Waals surface area contributed by atoms with Gasteiger partial charge in [0.25, 0.3) is 0 Å². The molecular formula is C25H37FN6O3. The predicted octanol–water partition coefficient (Wildman–Crippen LogP) is 3.37. The number of urea groups is 1. The second-order valence-corrected chi connectivity index (χ2v) is 7.94. The van der Waals surface area contributed by atoms with Crippen LogP contribution in [0.25, 0.3) is 0 Å². The monoisotopic (exact) mass is 488 g/mol. The molecule has 0 aliphatic rings. The van der Waals surface area contributed by atoms with Gasteiger partial charge in [-0.2, -0.15) is 0 Å². The molecule has 192 valence electrons. The van der Waals surface area contributed by atoms with Crippen LogP contribution in [0, 0.1) is 5.82 Å². The minimum atomic E-state index is -0.678. The number of unbranched alkanes of at least 4 members (excludes halogenated alkanes) is 1. The van der Waals surface area contributed by atoms with Crippen LogP contribution in [0.5, 0.6) is 0 Å². The summed E-state index contributed by atoms with van der Waals surface area (Å²) in [4.78, 5) is 24.6. The van der Waals surface area contributed by atoms with Gasteiger partial charge in [-0.05, 0) is 76.6 Å². The molecule has 0 heterocycles. The van der Waals surface area contributed by atoms with Gasteiger partial charge in [-0.1, -0.05) is 18.2 Å². The summed E-state index contributed by atoms with van der Waals surface area (Å²) in [6, 6.07) is 10.7. The smallest absolute Gasteiger partial charge is 0.340 e. The Hall–Kier alpha value is -3.21. The van der Waals surface area contributed by atoms with Crippen molar-refractivity contribution >= 4 is 29.1 Å². The molecule has 0 fully saturated rings. The molecule has 0 spiro atoms. The number of hydrogen-bond acceptors (Lipinski definition) is 7. The molecule has 0 bridgehead atoms. The average Bonchev–Trinajstić information content (AvgIpc) is 2.86. The molecule has 35 heavy (non-hydrogen) atoms. The van der Waals surface area contributed by atoms with E-state index in [1.54, 1.807) is 24.3 Å². The zero-order valence-electron chi connectivity index (χ0n) is 20.3. The van der Waals surface area contributed by atoms with Crippen LogP contribution in [0.1, 0.15) is 36.0 Å². The molecule has 0 aliphatic carbocycles. The minimum Gasteiger partial charge on any atom is -0.465 e. The molecule has 0 saturated carbocycles. The molecule has 0 radical (unpaired) electrons. The Morgan fingerprint density at radius 1 is 0.857 bits per heavy atom. The van der Waals surface area contributed by atoms with Gasteiger partial charge in [-0.25, -0.2) is 14.0 Å². The van der Waals surface area contributed by atoms with Crippen molar-refractivity contribution in [3.05, 3.63) is 53.8 Å². The molecule has 2 rings (SSSR count). The van der Waals surface area contributed by atoms with E-state index >= 15 is 0 Å². The fraction of sp³-hybridized carbons (Fsp3) is 0.440. The summed E-state index contributed by atoms with van der Waals surface area (Å²) in [7, 11) is 1.23. The normalized spacial score (nSPS) is 10.6. The lowest BCUT2D eigenvalue weighted by Crippen LogP contribution is -2.23. The number of para-hydroxylation sites is 1. The van der Waals surface area contributed by atoms with Crippen LogP contribution in [-0.2, 0) is 4.74 Å². The Kier molecular flexibility index (Phi) is 13.2. The average molecular weight is 489 g/mol.